The summed E-state index contributed by atoms with van der Waals surface area (Å²) >= 11 is 15.0. The third-order valence-electron chi connectivity index (χ3n) is 2.52. The summed E-state index contributed by atoms with van der Waals surface area (Å²) in [5, 5.41) is 3.99. The van der Waals surface area contributed by atoms with E-state index in [4.69, 9.17) is 27.6 Å². The molecular formula is C13H10BrCl2NO2. The van der Waals surface area contributed by atoms with Gasteiger partial charge >= 0.3 is 0 Å². The van der Waals surface area contributed by atoms with Crippen LogP contribution in [-0.4, -0.2) is 12.5 Å². The Morgan fingerprint density at radius 1 is 1.32 bits per heavy atom. The summed E-state index contributed by atoms with van der Waals surface area (Å²) in [4.78, 5) is 11.7. The summed E-state index contributed by atoms with van der Waals surface area (Å²) in [6, 6.07) is 6.93. The van der Waals surface area contributed by atoms with E-state index in [-0.39, 0.29) is 5.91 Å². The Morgan fingerprint density at radius 3 is 2.74 bits per heavy atom. The van der Waals surface area contributed by atoms with Gasteiger partial charge < -0.3 is 9.73 Å². The van der Waals surface area contributed by atoms with E-state index in [1.807, 2.05) is 6.07 Å². The molecular weight excluding hydrogens is 353 g/mol. The molecule has 0 aliphatic rings. The molecule has 1 N–H and O–H groups in total. The average Bonchev–Trinajstić information content (AvgIpc) is 2.78. The molecule has 1 heterocycles. The molecule has 2 rings (SSSR count). The van der Waals surface area contributed by atoms with E-state index in [2.05, 4.69) is 21.2 Å². The number of rotatable bonds is 4. The number of amides is 1. The molecule has 3 nitrogen and oxygen atoms in total. The molecule has 0 spiro atoms. The van der Waals surface area contributed by atoms with Crippen LogP contribution in [-0.2, 0) is 6.42 Å². The zero-order valence-electron chi connectivity index (χ0n) is 9.75. The SMILES string of the molecule is O=C(NCCc1ccc(Cl)cc1Cl)c1coc(Br)c1. The van der Waals surface area contributed by atoms with E-state index in [1.54, 1.807) is 18.2 Å². The van der Waals surface area contributed by atoms with Gasteiger partial charge in [0.25, 0.3) is 5.91 Å². The molecule has 0 radical (unpaired) electrons. The Hall–Kier alpha value is -0.970. The largest absolute Gasteiger partial charge is 0.457 e. The topological polar surface area (TPSA) is 42.2 Å². The number of benzene rings is 1. The Kier molecular flexibility index (Phi) is 4.91. The highest BCUT2D eigenvalue weighted by molar-refractivity contribution is 9.10. The van der Waals surface area contributed by atoms with Crippen molar-refractivity contribution in [2.24, 2.45) is 0 Å². The van der Waals surface area contributed by atoms with Crippen molar-refractivity contribution >= 4 is 45.0 Å². The number of hydrogen-bond acceptors (Lipinski definition) is 2. The Balaban J connectivity index is 1.88. The van der Waals surface area contributed by atoms with Gasteiger partial charge in [0.05, 0.1) is 5.56 Å². The fraction of sp³-hybridized carbons (Fsp3) is 0.154. The summed E-state index contributed by atoms with van der Waals surface area (Å²) in [6.07, 6.45) is 2.04. The quantitative estimate of drug-likeness (QED) is 0.879. The van der Waals surface area contributed by atoms with Crippen molar-refractivity contribution in [1.82, 2.24) is 5.32 Å². The molecule has 0 bridgehead atoms. The van der Waals surface area contributed by atoms with Crippen molar-refractivity contribution in [1.29, 1.82) is 0 Å². The van der Waals surface area contributed by atoms with Crippen molar-refractivity contribution in [3.63, 3.8) is 0 Å². The second-order valence-electron chi connectivity index (χ2n) is 3.88. The molecule has 2 aromatic rings. The predicted octanol–water partition coefficient (Wildman–Crippen LogP) is 4.32. The van der Waals surface area contributed by atoms with Crippen LogP contribution in [0.25, 0.3) is 0 Å². The summed E-state index contributed by atoms with van der Waals surface area (Å²) in [7, 11) is 0. The van der Waals surface area contributed by atoms with Gasteiger partial charge in [-0.2, -0.15) is 0 Å². The number of hydrogen-bond donors (Lipinski definition) is 1. The van der Waals surface area contributed by atoms with Gasteiger partial charge in [-0.3, -0.25) is 4.79 Å². The fourth-order valence-corrected chi connectivity index (χ4v) is 2.41. The molecule has 0 saturated carbocycles. The molecule has 1 aromatic carbocycles. The van der Waals surface area contributed by atoms with Crippen molar-refractivity contribution in [2.75, 3.05) is 6.54 Å². The van der Waals surface area contributed by atoms with Gasteiger partial charge in [0.2, 0.25) is 0 Å². The lowest BCUT2D eigenvalue weighted by Crippen LogP contribution is -2.25. The summed E-state index contributed by atoms with van der Waals surface area (Å²) in [6.45, 7) is 0.489. The minimum atomic E-state index is -0.181. The van der Waals surface area contributed by atoms with Crippen LogP contribution in [0.4, 0.5) is 0 Å². The van der Waals surface area contributed by atoms with Crippen LogP contribution in [0.1, 0.15) is 15.9 Å². The number of furan rings is 1. The van der Waals surface area contributed by atoms with E-state index in [9.17, 15) is 4.79 Å². The van der Waals surface area contributed by atoms with E-state index < -0.39 is 0 Å². The van der Waals surface area contributed by atoms with Gasteiger partial charge in [-0.15, -0.1) is 0 Å². The molecule has 0 atom stereocenters. The van der Waals surface area contributed by atoms with Gasteiger partial charge in [-0.05, 0) is 40.0 Å². The summed E-state index contributed by atoms with van der Waals surface area (Å²) in [5.74, 6) is -0.181. The Labute approximate surface area is 129 Å². The van der Waals surface area contributed by atoms with Crippen molar-refractivity contribution in [3.8, 4) is 0 Å². The van der Waals surface area contributed by atoms with E-state index >= 15 is 0 Å². The van der Waals surface area contributed by atoms with Crippen LogP contribution in [0.2, 0.25) is 10.0 Å². The van der Waals surface area contributed by atoms with Crippen LogP contribution in [0.3, 0.4) is 0 Å². The van der Waals surface area contributed by atoms with Crippen LogP contribution in [0.15, 0.2) is 39.6 Å². The first-order valence-electron chi connectivity index (χ1n) is 5.52. The van der Waals surface area contributed by atoms with Gasteiger partial charge in [0.15, 0.2) is 4.67 Å². The first-order valence-corrected chi connectivity index (χ1v) is 7.07. The van der Waals surface area contributed by atoms with Crippen molar-refractivity contribution in [2.45, 2.75) is 6.42 Å². The van der Waals surface area contributed by atoms with Crippen LogP contribution < -0.4 is 5.32 Å². The Bertz CT molecular complexity index is 598. The summed E-state index contributed by atoms with van der Waals surface area (Å²) in [5.41, 5.74) is 1.42. The minimum absolute atomic E-state index is 0.181. The molecule has 0 fully saturated rings. The van der Waals surface area contributed by atoms with Crippen LogP contribution in [0, 0.1) is 0 Å². The highest BCUT2D eigenvalue weighted by Gasteiger charge is 2.09. The molecule has 6 heteroatoms. The van der Waals surface area contributed by atoms with E-state index in [1.165, 1.54) is 6.26 Å². The van der Waals surface area contributed by atoms with E-state index in [0.29, 0.717) is 33.2 Å². The lowest BCUT2D eigenvalue weighted by Gasteiger charge is -2.06. The molecule has 0 aliphatic heterocycles. The smallest absolute Gasteiger partial charge is 0.254 e. The van der Waals surface area contributed by atoms with Gasteiger partial charge in [0, 0.05) is 22.7 Å². The minimum Gasteiger partial charge on any atom is -0.457 e. The van der Waals surface area contributed by atoms with Crippen LogP contribution >= 0.6 is 39.1 Å². The maximum Gasteiger partial charge on any atom is 0.254 e. The van der Waals surface area contributed by atoms with E-state index in [0.717, 1.165) is 5.56 Å². The molecule has 0 unspecified atom stereocenters. The van der Waals surface area contributed by atoms with Gasteiger partial charge in [-0.1, -0.05) is 29.3 Å². The maximum atomic E-state index is 11.7. The molecule has 1 aromatic heterocycles. The molecule has 1 amide bonds. The normalized spacial score (nSPS) is 10.5. The Morgan fingerprint density at radius 2 is 2.11 bits per heavy atom. The number of carbonyl (C=O) groups is 1. The zero-order valence-corrected chi connectivity index (χ0v) is 12.8. The molecule has 0 aliphatic carbocycles. The molecule has 0 saturated heterocycles. The monoisotopic (exact) mass is 361 g/mol. The lowest BCUT2D eigenvalue weighted by molar-refractivity contribution is 0.0953. The van der Waals surface area contributed by atoms with Gasteiger partial charge in [-0.25, -0.2) is 0 Å². The molecule has 100 valence electrons. The predicted molar refractivity (Wildman–Crippen MR) is 78.9 cm³/mol. The molecule has 19 heavy (non-hydrogen) atoms. The maximum absolute atomic E-state index is 11.7. The first-order chi connectivity index (χ1) is 9.06. The summed E-state index contributed by atoms with van der Waals surface area (Å²) < 4.78 is 5.53. The highest BCUT2D eigenvalue weighted by Crippen LogP contribution is 2.21. The zero-order chi connectivity index (χ0) is 13.8. The standard InChI is InChI=1S/C13H10BrCl2NO2/c14-12-5-9(7-19-12)13(18)17-4-3-8-1-2-10(15)6-11(8)16/h1-2,5-7H,3-4H2,(H,17,18). The fourth-order valence-electron chi connectivity index (χ4n) is 1.57. The van der Waals surface area contributed by atoms with Crippen molar-refractivity contribution in [3.05, 3.63) is 56.4 Å². The third kappa shape index (κ3) is 4.00. The second-order valence-corrected chi connectivity index (χ2v) is 5.51. The third-order valence-corrected chi connectivity index (χ3v) is 3.53. The number of carbonyl (C=O) groups excluding carboxylic acids is 1. The number of nitrogens with one attached hydrogen (secondary N) is 1. The highest BCUT2D eigenvalue weighted by atomic mass is 79.9. The number of halogens is 3. The van der Waals surface area contributed by atoms with Crippen molar-refractivity contribution < 1.29 is 9.21 Å². The van der Waals surface area contributed by atoms with Crippen LogP contribution in [0.5, 0.6) is 0 Å². The second kappa shape index (κ2) is 6.46. The lowest BCUT2D eigenvalue weighted by atomic mass is 10.1. The average molecular weight is 363 g/mol. The van der Waals surface area contributed by atoms with Gasteiger partial charge in [0.1, 0.15) is 6.26 Å². The first kappa shape index (κ1) is 14.4.